The molecule has 0 spiro atoms. The molecule has 9 nitrogen and oxygen atoms in total. The molecule has 0 unspecified atom stereocenters. The van der Waals surface area contributed by atoms with E-state index in [-0.39, 0.29) is 13.2 Å². The lowest BCUT2D eigenvalue weighted by Crippen LogP contribution is -2.45. The van der Waals surface area contributed by atoms with Crippen molar-refractivity contribution in [1.82, 2.24) is 16.1 Å². The van der Waals surface area contributed by atoms with Crippen LogP contribution in [0.4, 0.5) is 0 Å². The van der Waals surface area contributed by atoms with Crippen LogP contribution in [0.25, 0.3) is 0 Å². The highest BCUT2D eigenvalue weighted by Gasteiger charge is 2.32. The van der Waals surface area contributed by atoms with Gasteiger partial charge in [-0.15, -0.1) is 0 Å². The number of hydrogen-bond acceptors (Lipinski definition) is 7. The lowest BCUT2D eigenvalue weighted by Gasteiger charge is -2.30. The molecule has 1 heterocycles. The van der Waals surface area contributed by atoms with Crippen LogP contribution < -0.4 is 25.5 Å². The Hall–Kier alpha value is -3.92. The third-order valence-corrected chi connectivity index (χ3v) is 5.33. The second kappa shape index (κ2) is 13.2. The molecule has 10 heteroatoms. The Morgan fingerprint density at radius 2 is 1.86 bits per heavy atom. The molecule has 36 heavy (non-hydrogen) atoms. The van der Waals surface area contributed by atoms with E-state index >= 15 is 0 Å². The molecule has 1 aliphatic heterocycles. The number of hydrogen-bond donors (Lipinski definition) is 3. The molecular weight excluding hydrogens is 480 g/mol. The van der Waals surface area contributed by atoms with Gasteiger partial charge in [0, 0.05) is 11.3 Å². The maximum Gasteiger partial charge on any atom is 0.338 e. The minimum absolute atomic E-state index is 0.238. The van der Waals surface area contributed by atoms with Crippen molar-refractivity contribution in [2.45, 2.75) is 33.2 Å². The van der Waals surface area contributed by atoms with E-state index in [1.807, 2.05) is 37.3 Å². The summed E-state index contributed by atoms with van der Waals surface area (Å²) in [4.78, 5) is 25.0. The van der Waals surface area contributed by atoms with Gasteiger partial charge in [-0.3, -0.25) is 4.79 Å². The number of esters is 1. The number of nitrogens with zero attached hydrogens (tertiary/aromatic N) is 1. The number of benzene rings is 2. The molecule has 0 fully saturated rings. The van der Waals surface area contributed by atoms with Crippen molar-refractivity contribution in [2.75, 3.05) is 19.8 Å². The van der Waals surface area contributed by atoms with E-state index in [0.29, 0.717) is 34.3 Å². The SMILES string of the molecule is CCCOc1ccc(C=NNC(=O)COc2ccccc2[C@@H]2NC(=S)NC(C)=C2C(=O)OCC)cc1. The number of para-hydroxylation sites is 1. The van der Waals surface area contributed by atoms with Gasteiger partial charge in [-0.25, -0.2) is 10.2 Å². The first-order valence-electron chi connectivity index (χ1n) is 11.6. The van der Waals surface area contributed by atoms with E-state index in [9.17, 15) is 9.59 Å². The van der Waals surface area contributed by atoms with Gasteiger partial charge in [0.25, 0.3) is 5.91 Å². The first-order valence-corrected chi connectivity index (χ1v) is 12.1. The monoisotopic (exact) mass is 510 g/mol. The average Bonchev–Trinajstić information content (AvgIpc) is 2.87. The fourth-order valence-electron chi connectivity index (χ4n) is 3.48. The highest BCUT2D eigenvalue weighted by molar-refractivity contribution is 7.80. The number of rotatable bonds is 11. The Labute approximate surface area is 215 Å². The minimum atomic E-state index is -0.598. The van der Waals surface area contributed by atoms with Gasteiger partial charge >= 0.3 is 5.97 Å². The third kappa shape index (κ3) is 7.29. The van der Waals surface area contributed by atoms with Crippen molar-refractivity contribution < 1.29 is 23.8 Å². The second-order valence-corrected chi connectivity index (χ2v) is 8.24. The van der Waals surface area contributed by atoms with E-state index < -0.39 is 17.9 Å². The van der Waals surface area contributed by atoms with Crippen LogP contribution in [0.1, 0.15) is 44.4 Å². The summed E-state index contributed by atoms with van der Waals surface area (Å²) in [5.41, 5.74) is 4.89. The molecule has 1 aliphatic rings. The molecule has 1 amide bonds. The van der Waals surface area contributed by atoms with Crippen LogP contribution in [0.5, 0.6) is 11.5 Å². The fourth-order valence-corrected chi connectivity index (χ4v) is 3.75. The Balaban J connectivity index is 1.64. The van der Waals surface area contributed by atoms with Gasteiger partial charge in [0.15, 0.2) is 11.7 Å². The van der Waals surface area contributed by atoms with Crippen molar-refractivity contribution in [1.29, 1.82) is 0 Å². The van der Waals surface area contributed by atoms with E-state index in [0.717, 1.165) is 17.7 Å². The number of carbonyl (C=O) groups excluding carboxylic acids is 2. The topological polar surface area (TPSA) is 110 Å². The largest absolute Gasteiger partial charge is 0.494 e. The summed E-state index contributed by atoms with van der Waals surface area (Å²) in [5, 5.41) is 10.4. The normalized spacial score (nSPS) is 15.2. The van der Waals surface area contributed by atoms with Crippen molar-refractivity contribution in [3.63, 3.8) is 0 Å². The van der Waals surface area contributed by atoms with E-state index in [1.54, 1.807) is 32.0 Å². The van der Waals surface area contributed by atoms with Crippen molar-refractivity contribution in [2.24, 2.45) is 5.10 Å². The van der Waals surface area contributed by atoms with Gasteiger partial charge in [0.1, 0.15) is 11.5 Å². The number of nitrogens with one attached hydrogen (secondary N) is 3. The highest BCUT2D eigenvalue weighted by Crippen LogP contribution is 2.33. The molecule has 3 N–H and O–H groups in total. The van der Waals surface area contributed by atoms with Crippen LogP contribution in [-0.2, 0) is 14.3 Å². The molecule has 0 aliphatic carbocycles. The van der Waals surface area contributed by atoms with Gasteiger partial charge in [0.2, 0.25) is 0 Å². The zero-order chi connectivity index (χ0) is 25.9. The predicted octanol–water partition coefficient (Wildman–Crippen LogP) is 3.36. The quantitative estimate of drug-likeness (QED) is 0.183. The maximum atomic E-state index is 12.6. The lowest BCUT2D eigenvalue weighted by atomic mass is 9.95. The molecule has 1 atom stereocenters. The maximum absolute atomic E-state index is 12.6. The average molecular weight is 511 g/mol. The Bertz CT molecular complexity index is 1150. The first-order chi connectivity index (χ1) is 17.4. The van der Waals surface area contributed by atoms with Crippen molar-refractivity contribution in [3.05, 3.63) is 70.9 Å². The molecule has 0 saturated carbocycles. The number of ether oxygens (including phenoxy) is 3. The molecular formula is C26H30N4O5S. The van der Waals surface area contributed by atoms with Crippen molar-refractivity contribution >= 4 is 35.4 Å². The highest BCUT2D eigenvalue weighted by atomic mass is 32.1. The Morgan fingerprint density at radius 1 is 1.11 bits per heavy atom. The standard InChI is InChI=1S/C26H30N4O5S/c1-4-14-34-19-12-10-18(11-13-19)15-27-30-22(31)16-35-21-9-7-6-8-20(21)24-23(25(32)33-5-2)17(3)28-26(36)29-24/h6-13,15,24H,4-5,14,16H2,1-3H3,(H,30,31)(H2,28,29,36)/t24-/m0/s1. The van der Waals surface area contributed by atoms with Gasteiger partial charge in [-0.2, -0.15) is 5.10 Å². The Morgan fingerprint density at radius 3 is 2.58 bits per heavy atom. The second-order valence-electron chi connectivity index (χ2n) is 7.83. The predicted molar refractivity (Wildman–Crippen MR) is 141 cm³/mol. The minimum Gasteiger partial charge on any atom is -0.494 e. The summed E-state index contributed by atoms with van der Waals surface area (Å²) in [7, 11) is 0. The summed E-state index contributed by atoms with van der Waals surface area (Å²) in [6, 6.07) is 13.9. The van der Waals surface area contributed by atoms with Crippen LogP contribution in [0.2, 0.25) is 0 Å². The van der Waals surface area contributed by atoms with Crippen LogP contribution in [0.15, 0.2) is 64.9 Å². The van der Waals surface area contributed by atoms with E-state index in [4.69, 9.17) is 26.4 Å². The number of hydrazone groups is 1. The van der Waals surface area contributed by atoms with Crippen LogP contribution in [0, 0.1) is 0 Å². The molecule has 3 rings (SSSR count). The zero-order valence-corrected chi connectivity index (χ0v) is 21.3. The zero-order valence-electron chi connectivity index (χ0n) is 20.5. The van der Waals surface area contributed by atoms with Crippen LogP contribution in [0.3, 0.4) is 0 Å². The molecule has 2 aromatic carbocycles. The summed E-state index contributed by atoms with van der Waals surface area (Å²) in [5.74, 6) is 0.311. The van der Waals surface area contributed by atoms with Gasteiger partial charge in [-0.1, -0.05) is 25.1 Å². The molecule has 0 radical (unpaired) electrons. The summed E-state index contributed by atoms with van der Waals surface area (Å²) in [6.07, 6.45) is 2.47. The molecule has 0 bridgehead atoms. The molecule has 0 saturated heterocycles. The number of allylic oxidation sites excluding steroid dienone is 1. The summed E-state index contributed by atoms with van der Waals surface area (Å²) in [6.45, 7) is 6.17. The summed E-state index contributed by atoms with van der Waals surface area (Å²) < 4.78 is 16.6. The lowest BCUT2D eigenvalue weighted by molar-refractivity contribution is -0.139. The molecule has 2 aromatic rings. The Kier molecular flexibility index (Phi) is 9.82. The van der Waals surface area contributed by atoms with E-state index in [2.05, 4.69) is 21.2 Å². The van der Waals surface area contributed by atoms with Gasteiger partial charge in [-0.05, 0) is 68.4 Å². The van der Waals surface area contributed by atoms with Gasteiger partial charge in [0.05, 0.1) is 31.0 Å². The molecule has 190 valence electrons. The fraction of sp³-hybridized carbons (Fsp3) is 0.308. The number of amides is 1. The van der Waals surface area contributed by atoms with Gasteiger partial charge < -0.3 is 24.8 Å². The third-order valence-electron chi connectivity index (χ3n) is 5.11. The number of thiocarbonyl (C=S) groups is 1. The van der Waals surface area contributed by atoms with Crippen LogP contribution >= 0.6 is 12.2 Å². The smallest absolute Gasteiger partial charge is 0.338 e. The number of carbonyl (C=O) groups is 2. The summed E-state index contributed by atoms with van der Waals surface area (Å²) >= 11 is 5.29. The van der Waals surface area contributed by atoms with Crippen LogP contribution in [-0.4, -0.2) is 43.0 Å². The van der Waals surface area contributed by atoms with E-state index in [1.165, 1.54) is 6.21 Å². The first kappa shape index (κ1) is 26.7. The van der Waals surface area contributed by atoms with Crippen molar-refractivity contribution in [3.8, 4) is 11.5 Å². The molecule has 0 aromatic heterocycles.